The highest BCUT2D eigenvalue weighted by Crippen LogP contribution is 2.24. The Kier molecular flexibility index (Phi) is 6.30. The van der Waals surface area contributed by atoms with Crippen LogP contribution in [0.1, 0.15) is 27.8 Å². The van der Waals surface area contributed by atoms with Gasteiger partial charge in [0.15, 0.2) is 5.11 Å². The van der Waals surface area contributed by atoms with Crippen LogP contribution in [0.2, 0.25) is 0 Å². The van der Waals surface area contributed by atoms with E-state index in [-0.39, 0.29) is 0 Å². The van der Waals surface area contributed by atoms with Crippen molar-refractivity contribution in [1.82, 2.24) is 10.3 Å². The summed E-state index contributed by atoms with van der Waals surface area (Å²) in [4.78, 5) is 4.68. The van der Waals surface area contributed by atoms with Gasteiger partial charge in [-0.3, -0.25) is 0 Å². The molecule has 0 saturated heterocycles. The minimum Gasteiger partial charge on any atom is -0.367 e. The maximum absolute atomic E-state index is 9.50. The number of aromatic nitrogens is 1. The first kappa shape index (κ1) is 20.6. The number of nitriles is 1. The molecule has 0 spiro atoms. The predicted octanol–water partition coefficient (Wildman–Crippen LogP) is 4.74. The van der Waals surface area contributed by atoms with Crippen molar-refractivity contribution in [2.75, 3.05) is 23.7 Å². The van der Waals surface area contributed by atoms with Crippen LogP contribution in [0.3, 0.4) is 0 Å². The highest BCUT2D eigenvalue weighted by Gasteiger charge is 2.09. The van der Waals surface area contributed by atoms with Crippen LogP contribution in [-0.2, 0) is 0 Å². The van der Waals surface area contributed by atoms with Crippen LogP contribution in [0, 0.1) is 39.0 Å². The van der Waals surface area contributed by atoms with Crippen molar-refractivity contribution < 1.29 is 0 Å². The van der Waals surface area contributed by atoms with Gasteiger partial charge in [-0.15, -0.1) is 0 Å². The summed E-state index contributed by atoms with van der Waals surface area (Å²) in [5.41, 5.74) is 7.12. The van der Waals surface area contributed by atoms with E-state index in [0.29, 0.717) is 29.6 Å². The van der Waals surface area contributed by atoms with Gasteiger partial charge in [0.2, 0.25) is 0 Å². The molecule has 0 unspecified atom stereocenters. The lowest BCUT2D eigenvalue weighted by Crippen LogP contribution is -2.32. The zero-order valence-electron chi connectivity index (χ0n) is 17.2. The number of anilines is 2. The first-order valence-corrected chi connectivity index (χ1v) is 9.97. The van der Waals surface area contributed by atoms with E-state index in [4.69, 9.17) is 12.2 Å². The third kappa shape index (κ3) is 4.82. The van der Waals surface area contributed by atoms with Crippen molar-refractivity contribution in [2.24, 2.45) is 0 Å². The number of nitrogens with zero attached hydrogens (tertiary/aromatic N) is 2. The minimum atomic E-state index is 0.540. The smallest absolute Gasteiger partial charge is 0.170 e. The van der Waals surface area contributed by atoms with E-state index in [1.807, 2.05) is 32.0 Å². The van der Waals surface area contributed by atoms with Crippen molar-refractivity contribution in [2.45, 2.75) is 27.7 Å². The number of rotatable bonds is 5. The highest BCUT2D eigenvalue weighted by atomic mass is 32.1. The summed E-state index contributed by atoms with van der Waals surface area (Å²) in [5.74, 6) is 0.599. The lowest BCUT2D eigenvalue weighted by atomic mass is 10.1. The minimum absolute atomic E-state index is 0.540. The Hall–Kier alpha value is -3.17. The number of fused-ring (bicyclic) bond motifs is 1. The van der Waals surface area contributed by atoms with Crippen LogP contribution in [0.5, 0.6) is 0 Å². The number of pyridine rings is 1. The molecule has 0 fully saturated rings. The Morgan fingerprint density at radius 3 is 2.62 bits per heavy atom. The SMILES string of the molecule is Cc1cc(C)c2nc(NCCNC(=S)Nc3cccc(C)c3C)c(C#N)cc2c1. The molecule has 0 radical (unpaired) electrons. The van der Waals surface area contributed by atoms with Gasteiger partial charge in [-0.2, -0.15) is 5.26 Å². The molecule has 1 heterocycles. The Bertz CT molecular complexity index is 1110. The lowest BCUT2D eigenvalue weighted by Gasteiger charge is -2.15. The largest absolute Gasteiger partial charge is 0.367 e. The Morgan fingerprint density at radius 1 is 1.07 bits per heavy atom. The molecule has 3 aromatic rings. The van der Waals surface area contributed by atoms with E-state index in [1.165, 1.54) is 11.1 Å². The molecule has 0 aliphatic rings. The average molecular weight is 404 g/mol. The molecule has 148 valence electrons. The van der Waals surface area contributed by atoms with Crippen molar-refractivity contribution >= 4 is 39.7 Å². The van der Waals surface area contributed by atoms with Gasteiger partial charge in [0.05, 0.1) is 11.1 Å². The quantitative estimate of drug-likeness (QED) is 0.422. The van der Waals surface area contributed by atoms with Crippen LogP contribution in [0.25, 0.3) is 10.9 Å². The fourth-order valence-electron chi connectivity index (χ4n) is 3.28. The topological polar surface area (TPSA) is 72.8 Å². The summed E-state index contributed by atoms with van der Waals surface area (Å²) in [7, 11) is 0. The van der Waals surface area contributed by atoms with E-state index < -0.39 is 0 Å². The molecule has 0 amide bonds. The Balaban J connectivity index is 1.61. The fraction of sp³-hybridized carbons (Fsp3) is 0.261. The third-order valence-corrected chi connectivity index (χ3v) is 5.18. The Labute approximate surface area is 177 Å². The number of hydrogen-bond acceptors (Lipinski definition) is 4. The monoisotopic (exact) mass is 403 g/mol. The second-order valence-electron chi connectivity index (χ2n) is 7.21. The molecule has 29 heavy (non-hydrogen) atoms. The van der Waals surface area contributed by atoms with Gasteiger partial charge in [-0.25, -0.2) is 4.98 Å². The standard InChI is InChI=1S/C23H25N5S/c1-14-10-16(3)21-18(11-14)12-19(13-24)22(28-21)25-8-9-26-23(29)27-20-7-5-6-15(2)17(20)4/h5-7,10-12H,8-9H2,1-4H3,(H,25,28)(H2,26,27,29). The number of thiocarbonyl (C=S) groups is 1. The van der Waals surface area contributed by atoms with Gasteiger partial charge in [0, 0.05) is 24.2 Å². The molecule has 2 aromatic carbocycles. The molecule has 0 aliphatic carbocycles. The zero-order valence-corrected chi connectivity index (χ0v) is 18.0. The summed E-state index contributed by atoms with van der Waals surface area (Å²) in [5, 5.41) is 20.7. The first-order valence-electron chi connectivity index (χ1n) is 9.56. The number of benzene rings is 2. The average Bonchev–Trinajstić information content (AvgIpc) is 2.68. The fourth-order valence-corrected chi connectivity index (χ4v) is 3.49. The van der Waals surface area contributed by atoms with E-state index >= 15 is 0 Å². The molecule has 3 N–H and O–H groups in total. The molecule has 0 saturated carbocycles. The van der Waals surface area contributed by atoms with Crippen LogP contribution < -0.4 is 16.0 Å². The molecule has 0 atom stereocenters. The summed E-state index contributed by atoms with van der Waals surface area (Å²) in [6.45, 7) is 9.43. The maximum atomic E-state index is 9.50. The molecule has 0 aliphatic heterocycles. The van der Waals surface area contributed by atoms with Gasteiger partial charge < -0.3 is 16.0 Å². The second kappa shape index (κ2) is 8.89. The van der Waals surface area contributed by atoms with Gasteiger partial charge in [-0.05, 0) is 74.8 Å². The van der Waals surface area contributed by atoms with Gasteiger partial charge in [-0.1, -0.05) is 23.8 Å². The molecule has 6 heteroatoms. The van der Waals surface area contributed by atoms with Crippen molar-refractivity contribution in [1.29, 1.82) is 5.26 Å². The van der Waals surface area contributed by atoms with Crippen molar-refractivity contribution in [3.63, 3.8) is 0 Å². The zero-order chi connectivity index (χ0) is 21.0. The van der Waals surface area contributed by atoms with E-state index in [9.17, 15) is 5.26 Å². The Morgan fingerprint density at radius 2 is 1.86 bits per heavy atom. The first-order chi connectivity index (χ1) is 13.9. The number of aryl methyl sites for hydroxylation is 3. The van der Waals surface area contributed by atoms with E-state index in [1.54, 1.807) is 0 Å². The molecular formula is C23H25N5S. The van der Waals surface area contributed by atoms with Crippen molar-refractivity contribution in [3.8, 4) is 6.07 Å². The summed E-state index contributed by atoms with van der Waals surface area (Å²) < 4.78 is 0. The van der Waals surface area contributed by atoms with Crippen LogP contribution in [0.4, 0.5) is 11.5 Å². The van der Waals surface area contributed by atoms with Crippen LogP contribution >= 0.6 is 12.2 Å². The van der Waals surface area contributed by atoms with Crippen LogP contribution in [0.15, 0.2) is 36.4 Å². The predicted molar refractivity (Wildman–Crippen MR) is 125 cm³/mol. The summed E-state index contributed by atoms with van der Waals surface area (Å²) in [6.07, 6.45) is 0. The molecular weight excluding hydrogens is 378 g/mol. The van der Waals surface area contributed by atoms with Gasteiger partial charge >= 0.3 is 0 Å². The van der Waals surface area contributed by atoms with Gasteiger partial charge in [0.25, 0.3) is 0 Å². The molecule has 1 aromatic heterocycles. The number of hydrogen-bond donors (Lipinski definition) is 3. The summed E-state index contributed by atoms with van der Waals surface area (Å²) >= 11 is 5.39. The molecule has 5 nitrogen and oxygen atoms in total. The number of nitrogens with one attached hydrogen (secondary N) is 3. The summed E-state index contributed by atoms with van der Waals surface area (Å²) in [6, 6.07) is 14.4. The normalized spacial score (nSPS) is 10.4. The molecule has 3 rings (SSSR count). The van der Waals surface area contributed by atoms with E-state index in [0.717, 1.165) is 27.7 Å². The lowest BCUT2D eigenvalue weighted by molar-refractivity contribution is 0.910. The van der Waals surface area contributed by atoms with Crippen LogP contribution in [-0.4, -0.2) is 23.2 Å². The van der Waals surface area contributed by atoms with E-state index in [2.05, 4.69) is 59.1 Å². The molecule has 0 bridgehead atoms. The highest BCUT2D eigenvalue weighted by molar-refractivity contribution is 7.80. The van der Waals surface area contributed by atoms with Gasteiger partial charge in [0.1, 0.15) is 11.9 Å². The maximum Gasteiger partial charge on any atom is 0.170 e. The third-order valence-electron chi connectivity index (χ3n) is 4.93. The van der Waals surface area contributed by atoms with Crippen molar-refractivity contribution in [3.05, 3.63) is 64.2 Å². The second-order valence-corrected chi connectivity index (χ2v) is 7.61.